The van der Waals surface area contributed by atoms with Crippen molar-refractivity contribution >= 4 is 29.3 Å². The van der Waals surface area contributed by atoms with Gasteiger partial charge in [-0.3, -0.25) is 4.79 Å². The normalized spacial score (nSPS) is 16.1. The molecule has 0 saturated carbocycles. The van der Waals surface area contributed by atoms with Gasteiger partial charge in [0, 0.05) is 17.8 Å². The number of nitrogens with one attached hydrogen (secondary N) is 1. The zero-order valence-corrected chi connectivity index (χ0v) is 13.8. The second-order valence-electron chi connectivity index (χ2n) is 5.78. The van der Waals surface area contributed by atoms with Crippen molar-refractivity contribution in [3.05, 3.63) is 65.7 Å². The van der Waals surface area contributed by atoms with E-state index in [1.54, 1.807) is 18.5 Å². The first kappa shape index (κ1) is 16.3. The van der Waals surface area contributed by atoms with Crippen LogP contribution >= 0.6 is 12.4 Å². The van der Waals surface area contributed by atoms with Crippen LogP contribution in [0.1, 0.15) is 40.4 Å². The van der Waals surface area contributed by atoms with Gasteiger partial charge in [0.15, 0.2) is 5.65 Å². The lowest BCUT2D eigenvalue weighted by Gasteiger charge is -2.26. The maximum absolute atomic E-state index is 12.6. The van der Waals surface area contributed by atoms with E-state index in [9.17, 15) is 4.79 Å². The summed E-state index contributed by atoms with van der Waals surface area (Å²) < 4.78 is 0. The van der Waals surface area contributed by atoms with E-state index in [0.717, 1.165) is 24.6 Å². The van der Waals surface area contributed by atoms with Gasteiger partial charge < -0.3 is 5.32 Å². The van der Waals surface area contributed by atoms with Crippen LogP contribution in [0.3, 0.4) is 0 Å². The number of amides is 1. The monoisotopic (exact) mass is 340 g/mol. The summed E-state index contributed by atoms with van der Waals surface area (Å²) >= 11 is 0. The number of halogens is 1. The number of rotatable bonds is 2. The number of hydrogen-bond acceptors (Lipinski definition) is 4. The number of pyridine rings is 1. The second kappa shape index (κ2) is 6.93. The molecule has 0 saturated heterocycles. The van der Waals surface area contributed by atoms with Gasteiger partial charge in [0.25, 0.3) is 5.91 Å². The highest BCUT2D eigenvalue weighted by Crippen LogP contribution is 2.29. The number of benzene rings is 1. The van der Waals surface area contributed by atoms with Crippen molar-refractivity contribution in [2.75, 3.05) is 0 Å². The molecule has 0 spiro atoms. The highest BCUT2D eigenvalue weighted by molar-refractivity contribution is 5.96. The third kappa shape index (κ3) is 3.08. The number of fused-ring (bicyclic) bond motifs is 2. The Morgan fingerprint density at radius 1 is 1.17 bits per heavy atom. The van der Waals surface area contributed by atoms with Crippen LogP contribution in [-0.2, 0) is 6.42 Å². The molecule has 1 aromatic carbocycles. The Kier molecular flexibility index (Phi) is 4.71. The molecule has 3 aromatic rings. The van der Waals surface area contributed by atoms with Crippen LogP contribution in [0, 0.1) is 0 Å². The molecular formula is C18H17ClN4O. The fourth-order valence-corrected chi connectivity index (χ4v) is 3.15. The van der Waals surface area contributed by atoms with E-state index >= 15 is 0 Å². The summed E-state index contributed by atoms with van der Waals surface area (Å²) in [4.78, 5) is 24.9. The van der Waals surface area contributed by atoms with Crippen molar-refractivity contribution in [1.82, 2.24) is 20.3 Å². The Morgan fingerprint density at radius 3 is 2.96 bits per heavy atom. The van der Waals surface area contributed by atoms with Gasteiger partial charge in [-0.25, -0.2) is 15.0 Å². The van der Waals surface area contributed by atoms with Crippen LogP contribution in [-0.4, -0.2) is 20.9 Å². The first-order valence-electron chi connectivity index (χ1n) is 7.76. The quantitative estimate of drug-likeness (QED) is 0.777. The average molecular weight is 341 g/mol. The maximum Gasteiger partial charge on any atom is 0.253 e. The molecule has 0 aliphatic heterocycles. The average Bonchev–Trinajstić information content (AvgIpc) is 2.61. The van der Waals surface area contributed by atoms with E-state index in [-0.39, 0.29) is 24.4 Å². The molecule has 1 N–H and O–H groups in total. The van der Waals surface area contributed by atoms with Crippen molar-refractivity contribution in [2.24, 2.45) is 0 Å². The Hall–Kier alpha value is -2.53. The molecule has 0 bridgehead atoms. The molecule has 1 unspecified atom stereocenters. The van der Waals surface area contributed by atoms with Crippen molar-refractivity contribution < 1.29 is 4.79 Å². The molecule has 1 atom stereocenters. The molecule has 0 radical (unpaired) electrons. The van der Waals surface area contributed by atoms with Gasteiger partial charge >= 0.3 is 0 Å². The summed E-state index contributed by atoms with van der Waals surface area (Å²) in [6.07, 6.45) is 7.82. The van der Waals surface area contributed by atoms with Gasteiger partial charge in [-0.2, -0.15) is 0 Å². The van der Waals surface area contributed by atoms with Crippen LogP contribution in [0.2, 0.25) is 0 Å². The van der Waals surface area contributed by atoms with Crippen LogP contribution in [0.5, 0.6) is 0 Å². The summed E-state index contributed by atoms with van der Waals surface area (Å²) in [5.41, 5.74) is 3.69. The largest absolute Gasteiger partial charge is 0.345 e. The zero-order valence-electron chi connectivity index (χ0n) is 13.0. The number of carbonyl (C=O) groups excluding carboxylic acids is 1. The number of nitrogens with zero attached hydrogens (tertiary/aromatic N) is 3. The Labute approximate surface area is 146 Å². The summed E-state index contributed by atoms with van der Waals surface area (Å²) in [7, 11) is 0. The topological polar surface area (TPSA) is 67.8 Å². The molecule has 4 rings (SSSR count). The Bertz CT molecular complexity index is 884. The second-order valence-corrected chi connectivity index (χ2v) is 5.78. The molecule has 1 aliphatic carbocycles. The van der Waals surface area contributed by atoms with E-state index in [2.05, 4.69) is 38.5 Å². The maximum atomic E-state index is 12.6. The van der Waals surface area contributed by atoms with E-state index in [0.29, 0.717) is 11.2 Å². The number of carbonyl (C=O) groups is 1. The third-order valence-corrected chi connectivity index (χ3v) is 4.29. The molecule has 1 aliphatic rings. The van der Waals surface area contributed by atoms with Crippen LogP contribution in [0.25, 0.3) is 11.0 Å². The molecule has 5 nitrogen and oxygen atoms in total. The molecule has 122 valence electrons. The summed E-state index contributed by atoms with van der Waals surface area (Å²) in [6.45, 7) is 0. The molecule has 2 aromatic heterocycles. The minimum Gasteiger partial charge on any atom is -0.345 e. The van der Waals surface area contributed by atoms with E-state index in [1.807, 2.05) is 6.07 Å². The van der Waals surface area contributed by atoms with Gasteiger partial charge in [0.2, 0.25) is 0 Å². The first-order chi connectivity index (χ1) is 11.3. The Balaban J connectivity index is 0.00000169. The summed E-state index contributed by atoms with van der Waals surface area (Å²) in [6, 6.07) is 10.2. The molecule has 2 heterocycles. The highest BCUT2D eigenvalue weighted by atomic mass is 35.5. The molecular weight excluding hydrogens is 324 g/mol. The smallest absolute Gasteiger partial charge is 0.253 e. The van der Waals surface area contributed by atoms with E-state index in [4.69, 9.17) is 0 Å². The van der Waals surface area contributed by atoms with E-state index < -0.39 is 0 Å². The SMILES string of the molecule is Cl.O=C(NC1CCCc2ccccc21)c1cnc2ncncc2c1. The van der Waals surface area contributed by atoms with Crippen LogP contribution in [0.4, 0.5) is 0 Å². The predicted octanol–water partition coefficient (Wildman–Crippen LogP) is 3.25. The zero-order chi connectivity index (χ0) is 15.6. The fraction of sp³-hybridized carbons (Fsp3) is 0.222. The lowest BCUT2D eigenvalue weighted by molar-refractivity contribution is 0.0932. The highest BCUT2D eigenvalue weighted by Gasteiger charge is 2.22. The number of aromatic nitrogens is 3. The van der Waals surface area contributed by atoms with Gasteiger partial charge in [0.1, 0.15) is 6.33 Å². The van der Waals surface area contributed by atoms with Crippen molar-refractivity contribution in [2.45, 2.75) is 25.3 Å². The lowest BCUT2D eigenvalue weighted by Crippen LogP contribution is -2.31. The number of hydrogen-bond donors (Lipinski definition) is 1. The predicted molar refractivity (Wildman–Crippen MR) is 94.2 cm³/mol. The van der Waals surface area contributed by atoms with Gasteiger partial charge in [-0.15, -0.1) is 12.4 Å². The molecule has 6 heteroatoms. The number of aryl methyl sites for hydroxylation is 1. The van der Waals surface area contributed by atoms with Gasteiger partial charge in [-0.05, 0) is 36.5 Å². The Morgan fingerprint density at radius 2 is 2.04 bits per heavy atom. The lowest BCUT2D eigenvalue weighted by atomic mass is 9.87. The third-order valence-electron chi connectivity index (χ3n) is 4.29. The van der Waals surface area contributed by atoms with Crippen molar-refractivity contribution in [1.29, 1.82) is 0 Å². The van der Waals surface area contributed by atoms with E-state index in [1.165, 1.54) is 17.5 Å². The molecule has 24 heavy (non-hydrogen) atoms. The minimum absolute atomic E-state index is 0. The molecule has 1 amide bonds. The van der Waals surface area contributed by atoms with Crippen molar-refractivity contribution in [3.8, 4) is 0 Å². The van der Waals surface area contributed by atoms with Crippen LogP contribution in [0.15, 0.2) is 49.1 Å². The fourth-order valence-electron chi connectivity index (χ4n) is 3.15. The molecule has 0 fully saturated rings. The standard InChI is InChI=1S/C18H16N4O.ClH/c23-18(14-8-13-9-19-11-21-17(13)20-10-14)22-16-7-3-5-12-4-1-2-6-15(12)16;/h1-2,4,6,8-11,16H,3,5,7H2,(H,22,23);1H. The van der Waals surface area contributed by atoms with Crippen molar-refractivity contribution in [3.63, 3.8) is 0 Å². The van der Waals surface area contributed by atoms with Gasteiger partial charge in [0.05, 0.1) is 11.6 Å². The minimum atomic E-state index is -0.107. The van der Waals surface area contributed by atoms with Crippen LogP contribution < -0.4 is 5.32 Å². The van der Waals surface area contributed by atoms with Gasteiger partial charge in [-0.1, -0.05) is 24.3 Å². The summed E-state index contributed by atoms with van der Waals surface area (Å²) in [5.74, 6) is -0.107. The first-order valence-corrected chi connectivity index (χ1v) is 7.76. The summed E-state index contributed by atoms with van der Waals surface area (Å²) in [5, 5.41) is 3.90.